The third-order valence-corrected chi connectivity index (χ3v) is 3.22. The molecule has 84 valence electrons. The van der Waals surface area contributed by atoms with Crippen LogP contribution in [0.3, 0.4) is 0 Å². The zero-order chi connectivity index (χ0) is 10.7. The molecule has 0 aliphatic carbocycles. The number of hydrogen-bond acceptors (Lipinski definition) is 5. The van der Waals surface area contributed by atoms with Crippen LogP contribution in [0.2, 0.25) is 0 Å². The monoisotopic (exact) mass is 229 g/mol. The van der Waals surface area contributed by atoms with Gasteiger partial charge < -0.3 is 20.8 Å². The lowest BCUT2D eigenvalue weighted by Crippen LogP contribution is -2.49. The van der Waals surface area contributed by atoms with E-state index in [1.165, 1.54) is 11.3 Å². The topological polar surface area (TPSA) is 80.1 Å². The summed E-state index contributed by atoms with van der Waals surface area (Å²) in [5, 5.41) is 5.05. The van der Waals surface area contributed by atoms with Crippen molar-refractivity contribution in [2.24, 2.45) is 5.73 Å². The summed E-state index contributed by atoms with van der Waals surface area (Å²) in [7, 11) is 0. The van der Waals surface area contributed by atoms with Gasteiger partial charge in [-0.3, -0.25) is 4.79 Å². The molecule has 15 heavy (non-hydrogen) atoms. The fraction of sp³-hybridized carbons (Fsp3) is 0.667. The van der Waals surface area contributed by atoms with Gasteiger partial charge in [-0.15, -0.1) is 0 Å². The Labute approximate surface area is 91.6 Å². The predicted octanol–water partition coefficient (Wildman–Crippen LogP) is -0.356. The summed E-state index contributed by atoms with van der Waals surface area (Å²) < 4.78 is 5.25. The molecular formula is C9H15N3O2S. The van der Waals surface area contributed by atoms with E-state index in [-0.39, 0.29) is 10.4 Å². The maximum Gasteiger partial charge on any atom is 0.304 e. The third kappa shape index (κ3) is 2.88. The first-order chi connectivity index (χ1) is 7.18. The van der Waals surface area contributed by atoms with Gasteiger partial charge in [0.05, 0.1) is 12.1 Å². The summed E-state index contributed by atoms with van der Waals surface area (Å²) in [5.41, 5.74) is 6.74. The van der Waals surface area contributed by atoms with Crippen LogP contribution in [0.1, 0.15) is 12.1 Å². The summed E-state index contributed by atoms with van der Waals surface area (Å²) in [6.07, 6.45) is 0.889. The van der Waals surface area contributed by atoms with Crippen LogP contribution in [-0.4, -0.2) is 30.3 Å². The lowest BCUT2D eigenvalue weighted by molar-refractivity contribution is 0.177. The number of hydrogen-bond donors (Lipinski definition) is 3. The van der Waals surface area contributed by atoms with Gasteiger partial charge in [-0.25, -0.2) is 0 Å². The zero-order valence-electron chi connectivity index (χ0n) is 8.41. The van der Waals surface area contributed by atoms with Crippen molar-refractivity contribution in [2.75, 3.05) is 19.8 Å². The Kier molecular flexibility index (Phi) is 3.20. The molecule has 2 rings (SSSR count). The van der Waals surface area contributed by atoms with Gasteiger partial charge in [-0.2, -0.15) is 0 Å². The van der Waals surface area contributed by atoms with Crippen molar-refractivity contribution in [1.29, 1.82) is 0 Å². The van der Waals surface area contributed by atoms with Crippen LogP contribution in [-0.2, 0) is 11.3 Å². The molecule has 1 aliphatic rings. The number of aromatic nitrogens is 1. The molecule has 0 bridgehead atoms. The molecule has 1 saturated heterocycles. The first kappa shape index (κ1) is 10.8. The molecule has 4 N–H and O–H groups in total. The van der Waals surface area contributed by atoms with E-state index in [2.05, 4.69) is 10.3 Å². The van der Waals surface area contributed by atoms with Gasteiger partial charge in [0.15, 0.2) is 0 Å². The predicted molar refractivity (Wildman–Crippen MR) is 59.0 cm³/mol. The second-order valence-corrected chi connectivity index (χ2v) is 4.78. The van der Waals surface area contributed by atoms with Gasteiger partial charge in [-0.05, 0) is 6.42 Å². The largest absolute Gasteiger partial charge is 0.379 e. The van der Waals surface area contributed by atoms with Crippen LogP contribution < -0.4 is 15.9 Å². The Balaban J connectivity index is 1.77. The minimum absolute atomic E-state index is 0.0153. The average Bonchev–Trinajstić information content (AvgIpc) is 2.76. The van der Waals surface area contributed by atoms with Crippen molar-refractivity contribution in [3.63, 3.8) is 0 Å². The number of rotatable bonds is 4. The van der Waals surface area contributed by atoms with E-state index in [1.807, 2.05) is 5.38 Å². The molecule has 5 nitrogen and oxygen atoms in total. The van der Waals surface area contributed by atoms with Crippen molar-refractivity contribution in [3.05, 3.63) is 20.7 Å². The average molecular weight is 229 g/mol. The van der Waals surface area contributed by atoms with E-state index in [4.69, 9.17) is 10.5 Å². The molecular weight excluding hydrogens is 214 g/mol. The molecule has 1 aliphatic heterocycles. The Bertz CT molecular complexity index is 367. The van der Waals surface area contributed by atoms with Crippen LogP contribution in [0.15, 0.2) is 10.2 Å². The van der Waals surface area contributed by atoms with Gasteiger partial charge in [0, 0.05) is 30.8 Å². The lowest BCUT2D eigenvalue weighted by Gasteiger charge is -2.21. The minimum atomic E-state index is -0.240. The summed E-state index contributed by atoms with van der Waals surface area (Å²) in [6.45, 7) is 2.72. The van der Waals surface area contributed by atoms with Crippen molar-refractivity contribution in [1.82, 2.24) is 10.3 Å². The SMILES string of the molecule is NC1(CNCc2csc(=O)[nH]2)CCOC1. The standard InChI is InChI=1S/C9H15N3O2S/c10-9(1-2-14-6-9)5-11-3-7-4-15-8(13)12-7/h4,11H,1-3,5-6,10H2,(H,12,13). The normalized spacial score (nSPS) is 25.9. The molecule has 0 amide bonds. The smallest absolute Gasteiger partial charge is 0.304 e. The molecule has 0 spiro atoms. The van der Waals surface area contributed by atoms with Crippen molar-refractivity contribution in [3.8, 4) is 0 Å². The van der Waals surface area contributed by atoms with Gasteiger partial charge in [0.2, 0.25) is 0 Å². The van der Waals surface area contributed by atoms with Gasteiger partial charge >= 0.3 is 4.87 Å². The maximum absolute atomic E-state index is 10.9. The second kappa shape index (κ2) is 4.44. The van der Waals surface area contributed by atoms with E-state index in [0.717, 1.165) is 18.7 Å². The van der Waals surface area contributed by atoms with Crippen molar-refractivity contribution >= 4 is 11.3 Å². The van der Waals surface area contributed by atoms with Gasteiger partial charge in [-0.1, -0.05) is 11.3 Å². The van der Waals surface area contributed by atoms with Crippen LogP contribution in [0.4, 0.5) is 0 Å². The van der Waals surface area contributed by atoms with E-state index in [0.29, 0.717) is 19.7 Å². The van der Waals surface area contributed by atoms with E-state index < -0.39 is 0 Å². The number of nitrogens with two attached hydrogens (primary N) is 1. The van der Waals surface area contributed by atoms with Crippen LogP contribution in [0.5, 0.6) is 0 Å². The molecule has 1 aromatic rings. The van der Waals surface area contributed by atoms with Crippen molar-refractivity contribution < 1.29 is 4.74 Å². The molecule has 6 heteroatoms. The Morgan fingerprint density at radius 1 is 1.73 bits per heavy atom. The van der Waals surface area contributed by atoms with E-state index >= 15 is 0 Å². The van der Waals surface area contributed by atoms with Gasteiger partial charge in [0.1, 0.15) is 0 Å². The highest BCUT2D eigenvalue weighted by molar-refractivity contribution is 7.07. The quantitative estimate of drug-likeness (QED) is 0.659. The molecule has 1 aromatic heterocycles. The number of nitrogens with one attached hydrogen (secondary N) is 2. The van der Waals surface area contributed by atoms with Crippen LogP contribution in [0, 0.1) is 0 Å². The molecule has 2 heterocycles. The Morgan fingerprint density at radius 2 is 2.60 bits per heavy atom. The molecule has 0 aromatic carbocycles. The highest BCUT2D eigenvalue weighted by Gasteiger charge is 2.29. The lowest BCUT2D eigenvalue weighted by atomic mass is 10.0. The zero-order valence-corrected chi connectivity index (χ0v) is 9.23. The highest BCUT2D eigenvalue weighted by Crippen LogP contribution is 2.14. The molecule has 1 atom stereocenters. The first-order valence-electron chi connectivity index (χ1n) is 4.92. The highest BCUT2D eigenvalue weighted by atomic mass is 32.1. The van der Waals surface area contributed by atoms with E-state index in [1.54, 1.807) is 0 Å². The Hall–Kier alpha value is -0.690. The summed E-state index contributed by atoms with van der Waals surface area (Å²) in [4.78, 5) is 13.6. The molecule has 0 radical (unpaired) electrons. The number of H-pyrrole nitrogens is 1. The second-order valence-electron chi connectivity index (χ2n) is 3.94. The molecule has 1 unspecified atom stereocenters. The van der Waals surface area contributed by atoms with Crippen LogP contribution in [0.25, 0.3) is 0 Å². The summed E-state index contributed by atoms with van der Waals surface area (Å²) in [6, 6.07) is 0. The third-order valence-electron chi connectivity index (χ3n) is 2.50. The Morgan fingerprint density at radius 3 is 3.20 bits per heavy atom. The number of thiazole rings is 1. The van der Waals surface area contributed by atoms with Crippen LogP contribution >= 0.6 is 11.3 Å². The van der Waals surface area contributed by atoms with Crippen molar-refractivity contribution in [2.45, 2.75) is 18.5 Å². The van der Waals surface area contributed by atoms with Gasteiger partial charge in [0.25, 0.3) is 0 Å². The maximum atomic E-state index is 10.9. The number of ether oxygens (including phenoxy) is 1. The first-order valence-corrected chi connectivity index (χ1v) is 5.80. The fourth-order valence-corrected chi connectivity index (χ4v) is 2.19. The summed E-state index contributed by atoms with van der Waals surface area (Å²) in [5.74, 6) is 0. The van der Waals surface area contributed by atoms with E-state index in [9.17, 15) is 4.79 Å². The number of aromatic amines is 1. The molecule has 1 fully saturated rings. The minimum Gasteiger partial charge on any atom is -0.379 e. The summed E-state index contributed by atoms with van der Waals surface area (Å²) >= 11 is 1.18. The fourth-order valence-electron chi connectivity index (χ4n) is 1.61. The molecule has 0 saturated carbocycles.